The van der Waals surface area contributed by atoms with E-state index in [0.29, 0.717) is 21.3 Å². The number of oxazole rings is 1. The molecular weight excluding hydrogens is 336 g/mol. The molecule has 0 unspecified atom stereocenters. The van der Waals surface area contributed by atoms with Crippen LogP contribution < -0.4 is 5.32 Å². The van der Waals surface area contributed by atoms with Gasteiger partial charge in [-0.1, -0.05) is 23.4 Å². The van der Waals surface area contributed by atoms with Gasteiger partial charge in [0.2, 0.25) is 5.91 Å². The standard InChI is InChI=1S/C15H15ClN4O2S/c1-8-14(9(2)20(3)19-8)18-13(21)7-23-15-17-11-6-10(16)4-5-12(11)22-15/h4-6H,7H2,1-3H3,(H,18,21). The van der Waals surface area contributed by atoms with Crippen LogP contribution in [0.3, 0.4) is 0 Å². The van der Waals surface area contributed by atoms with Gasteiger partial charge in [-0.25, -0.2) is 4.98 Å². The first-order chi connectivity index (χ1) is 10.9. The Bertz CT molecular complexity index is 887. The lowest BCUT2D eigenvalue weighted by Crippen LogP contribution is -2.15. The molecule has 0 spiro atoms. The Morgan fingerprint density at radius 1 is 1.43 bits per heavy atom. The van der Waals surface area contributed by atoms with Crippen molar-refractivity contribution in [1.29, 1.82) is 0 Å². The molecule has 0 saturated heterocycles. The first-order valence-corrected chi connectivity index (χ1v) is 8.29. The number of anilines is 1. The van der Waals surface area contributed by atoms with Gasteiger partial charge in [0.25, 0.3) is 5.22 Å². The number of nitrogens with one attached hydrogen (secondary N) is 1. The van der Waals surface area contributed by atoms with Crippen molar-refractivity contribution in [1.82, 2.24) is 14.8 Å². The van der Waals surface area contributed by atoms with E-state index in [1.54, 1.807) is 22.9 Å². The van der Waals surface area contributed by atoms with Crippen molar-refractivity contribution in [2.75, 3.05) is 11.1 Å². The van der Waals surface area contributed by atoms with E-state index in [1.807, 2.05) is 20.9 Å². The monoisotopic (exact) mass is 350 g/mol. The molecule has 6 nitrogen and oxygen atoms in total. The van der Waals surface area contributed by atoms with Gasteiger partial charge in [-0.2, -0.15) is 5.10 Å². The summed E-state index contributed by atoms with van der Waals surface area (Å²) in [4.78, 5) is 16.4. The Labute approximate surface area is 142 Å². The number of rotatable bonds is 4. The van der Waals surface area contributed by atoms with Crippen LogP contribution in [0.4, 0.5) is 5.69 Å². The molecule has 2 aromatic heterocycles. The minimum Gasteiger partial charge on any atom is -0.431 e. The average Bonchev–Trinajstić information content (AvgIpc) is 3.00. The van der Waals surface area contributed by atoms with Gasteiger partial charge < -0.3 is 9.73 Å². The van der Waals surface area contributed by atoms with E-state index in [-0.39, 0.29) is 11.7 Å². The third-order valence-electron chi connectivity index (χ3n) is 3.43. The molecule has 0 aliphatic heterocycles. The van der Waals surface area contributed by atoms with E-state index < -0.39 is 0 Å². The summed E-state index contributed by atoms with van der Waals surface area (Å²) in [6, 6.07) is 5.23. The van der Waals surface area contributed by atoms with Crippen LogP contribution in [0.1, 0.15) is 11.4 Å². The molecule has 1 aromatic carbocycles. The fourth-order valence-corrected chi connectivity index (χ4v) is 3.00. The quantitative estimate of drug-likeness (QED) is 0.728. The highest BCUT2D eigenvalue weighted by atomic mass is 35.5. The average molecular weight is 351 g/mol. The number of fused-ring (bicyclic) bond motifs is 1. The Hall–Kier alpha value is -1.99. The van der Waals surface area contributed by atoms with Crippen LogP contribution in [-0.2, 0) is 11.8 Å². The third kappa shape index (κ3) is 3.35. The van der Waals surface area contributed by atoms with Crippen LogP contribution in [0.25, 0.3) is 11.1 Å². The van der Waals surface area contributed by atoms with Crippen molar-refractivity contribution in [2.45, 2.75) is 19.1 Å². The lowest BCUT2D eigenvalue weighted by Gasteiger charge is -2.04. The van der Waals surface area contributed by atoms with Gasteiger partial charge >= 0.3 is 0 Å². The second-order valence-corrected chi connectivity index (χ2v) is 6.46. The number of amides is 1. The maximum absolute atomic E-state index is 12.1. The molecule has 0 aliphatic rings. The van der Waals surface area contributed by atoms with Gasteiger partial charge in [-0.15, -0.1) is 0 Å². The topological polar surface area (TPSA) is 73.0 Å². The number of hydrogen-bond donors (Lipinski definition) is 1. The normalized spacial score (nSPS) is 11.1. The van der Waals surface area contributed by atoms with E-state index in [1.165, 1.54) is 11.8 Å². The van der Waals surface area contributed by atoms with Crippen molar-refractivity contribution >= 4 is 46.1 Å². The van der Waals surface area contributed by atoms with E-state index in [0.717, 1.165) is 17.1 Å². The number of thioether (sulfide) groups is 1. The molecule has 1 amide bonds. The van der Waals surface area contributed by atoms with Crippen molar-refractivity contribution in [3.05, 3.63) is 34.6 Å². The van der Waals surface area contributed by atoms with Crippen molar-refractivity contribution in [3.8, 4) is 0 Å². The predicted octanol–water partition coefficient (Wildman–Crippen LogP) is 3.56. The number of hydrogen-bond acceptors (Lipinski definition) is 5. The summed E-state index contributed by atoms with van der Waals surface area (Å²) in [5.74, 6) is 0.0726. The molecule has 0 saturated carbocycles. The summed E-state index contributed by atoms with van der Waals surface area (Å²) in [6.07, 6.45) is 0. The van der Waals surface area contributed by atoms with Crippen LogP contribution >= 0.6 is 23.4 Å². The molecule has 0 atom stereocenters. The van der Waals surface area contributed by atoms with Crippen molar-refractivity contribution in [3.63, 3.8) is 0 Å². The van der Waals surface area contributed by atoms with Gasteiger partial charge in [0.05, 0.1) is 22.8 Å². The first-order valence-electron chi connectivity index (χ1n) is 6.93. The molecule has 2 heterocycles. The number of nitrogens with zero attached hydrogens (tertiary/aromatic N) is 3. The molecule has 0 radical (unpaired) electrons. The van der Waals surface area contributed by atoms with Gasteiger partial charge in [0.15, 0.2) is 5.58 Å². The summed E-state index contributed by atoms with van der Waals surface area (Å²) < 4.78 is 7.31. The van der Waals surface area contributed by atoms with Crippen LogP contribution in [-0.4, -0.2) is 26.4 Å². The molecule has 0 aliphatic carbocycles. The number of aromatic nitrogens is 3. The minimum absolute atomic E-state index is 0.130. The summed E-state index contributed by atoms with van der Waals surface area (Å²) in [6.45, 7) is 3.77. The van der Waals surface area contributed by atoms with Gasteiger partial charge in [0, 0.05) is 12.1 Å². The van der Waals surface area contributed by atoms with Gasteiger partial charge in [-0.05, 0) is 32.0 Å². The zero-order chi connectivity index (χ0) is 16.6. The Balaban J connectivity index is 1.66. The van der Waals surface area contributed by atoms with Crippen LogP contribution in [0.15, 0.2) is 27.8 Å². The Kier molecular flexibility index (Phi) is 4.32. The molecule has 3 aromatic rings. The number of carbonyl (C=O) groups is 1. The van der Waals surface area contributed by atoms with E-state index in [4.69, 9.17) is 16.0 Å². The molecule has 8 heteroatoms. The predicted molar refractivity (Wildman–Crippen MR) is 91.1 cm³/mol. The van der Waals surface area contributed by atoms with E-state index >= 15 is 0 Å². The largest absolute Gasteiger partial charge is 0.431 e. The molecule has 1 N–H and O–H groups in total. The zero-order valence-corrected chi connectivity index (χ0v) is 14.5. The van der Waals surface area contributed by atoms with Crippen LogP contribution in [0.5, 0.6) is 0 Å². The lowest BCUT2D eigenvalue weighted by atomic mass is 10.3. The zero-order valence-electron chi connectivity index (χ0n) is 12.9. The SMILES string of the molecule is Cc1nn(C)c(C)c1NC(=O)CSc1nc2cc(Cl)ccc2o1. The highest BCUT2D eigenvalue weighted by molar-refractivity contribution is 7.99. The minimum atomic E-state index is -0.130. The van der Waals surface area contributed by atoms with E-state index in [9.17, 15) is 4.79 Å². The highest BCUT2D eigenvalue weighted by Gasteiger charge is 2.14. The van der Waals surface area contributed by atoms with Gasteiger partial charge in [0.1, 0.15) is 5.52 Å². The molecule has 0 bridgehead atoms. The highest BCUT2D eigenvalue weighted by Crippen LogP contribution is 2.26. The summed E-state index contributed by atoms with van der Waals surface area (Å²) in [7, 11) is 1.84. The summed E-state index contributed by atoms with van der Waals surface area (Å²) in [5.41, 5.74) is 3.79. The molecular formula is C15H15ClN4O2S. The maximum Gasteiger partial charge on any atom is 0.257 e. The molecule has 3 rings (SSSR count). The fourth-order valence-electron chi connectivity index (χ4n) is 2.20. The Morgan fingerprint density at radius 2 is 2.22 bits per heavy atom. The molecule has 23 heavy (non-hydrogen) atoms. The summed E-state index contributed by atoms with van der Waals surface area (Å²) >= 11 is 7.15. The van der Waals surface area contributed by atoms with Crippen LogP contribution in [0.2, 0.25) is 5.02 Å². The molecule has 0 fully saturated rings. The second-order valence-electron chi connectivity index (χ2n) is 5.10. The lowest BCUT2D eigenvalue weighted by molar-refractivity contribution is -0.113. The Morgan fingerprint density at radius 3 is 2.91 bits per heavy atom. The van der Waals surface area contributed by atoms with E-state index in [2.05, 4.69) is 15.4 Å². The first kappa shape index (κ1) is 15.9. The van der Waals surface area contributed by atoms with Gasteiger partial charge in [-0.3, -0.25) is 9.48 Å². The van der Waals surface area contributed by atoms with Crippen molar-refractivity contribution < 1.29 is 9.21 Å². The summed E-state index contributed by atoms with van der Waals surface area (Å²) in [5, 5.41) is 8.19. The molecule has 120 valence electrons. The number of halogens is 1. The number of carbonyl (C=O) groups excluding carboxylic acids is 1. The maximum atomic E-state index is 12.1. The van der Waals surface area contributed by atoms with Crippen LogP contribution in [0, 0.1) is 13.8 Å². The second kappa shape index (κ2) is 6.25. The van der Waals surface area contributed by atoms with Crippen molar-refractivity contribution in [2.24, 2.45) is 7.05 Å². The fraction of sp³-hybridized carbons (Fsp3) is 0.267. The number of benzene rings is 1. The number of aryl methyl sites for hydroxylation is 2. The third-order valence-corrected chi connectivity index (χ3v) is 4.49. The smallest absolute Gasteiger partial charge is 0.257 e.